The van der Waals surface area contributed by atoms with Gasteiger partial charge in [0, 0.05) is 5.56 Å². The van der Waals surface area contributed by atoms with Crippen molar-refractivity contribution in [3.63, 3.8) is 0 Å². The molecule has 0 unspecified atom stereocenters. The minimum atomic E-state index is -0.306. The Kier molecular flexibility index (Phi) is 4.02. The fourth-order valence-electron chi connectivity index (χ4n) is 2.17. The molecule has 3 aromatic rings. The fourth-order valence-corrected chi connectivity index (χ4v) is 2.79. The molecule has 22 heavy (non-hydrogen) atoms. The highest BCUT2D eigenvalue weighted by Crippen LogP contribution is 2.30. The second-order valence-electron chi connectivity index (χ2n) is 4.72. The third-order valence-corrected chi connectivity index (χ3v) is 4.16. The summed E-state index contributed by atoms with van der Waals surface area (Å²) in [4.78, 5) is 12.9. The van der Waals surface area contributed by atoms with Crippen molar-refractivity contribution in [3.8, 4) is 11.3 Å². The highest BCUT2D eigenvalue weighted by molar-refractivity contribution is 7.12. The van der Waals surface area contributed by atoms with Crippen LogP contribution in [0.4, 0.5) is 10.1 Å². The number of nitrogens with zero attached hydrogens (tertiary/aromatic N) is 1. The summed E-state index contributed by atoms with van der Waals surface area (Å²) in [5.74, 6) is -0.478. The summed E-state index contributed by atoms with van der Waals surface area (Å²) in [6.45, 7) is 1.97. The third kappa shape index (κ3) is 2.78. The summed E-state index contributed by atoms with van der Waals surface area (Å²) in [7, 11) is 0. The number of H-pyrrole nitrogens is 1. The minimum absolute atomic E-state index is 0.172. The van der Waals surface area contributed by atoms with Gasteiger partial charge in [0.1, 0.15) is 11.5 Å². The first kappa shape index (κ1) is 14.5. The lowest BCUT2D eigenvalue weighted by molar-refractivity contribution is 0.103. The summed E-state index contributed by atoms with van der Waals surface area (Å²) in [5, 5.41) is 12.0. The van der Waals surface area contributed by atoms with Crippen LogP contribution in [-0.4, -0.2) is 16.1 Å². The average Bonchev–Trinajstić information content (AvgIpc) is 3.17. The van der Waals surface area contributed by atoms with Crippen molar-refractivity contribution in [1.29, 1.82) is 0 Å². The van der Waals surface area contributed by atoms with Crippen LogP contribution in [0, 0.1) is 5.82 Å². The van der Waals surface area contributed by atoms with Crippen molar-refractivity contribution in [3.05, 3.63) is 58.2 Å². The van der Waals surface area contributed by atoms with Gasteiger partial charge in [-0.25, -0.2) is 4.39 Å². The Hall–Kier alpha value is -2.47. The zero-order valence-corrected chi connectivity index (χ0v) is 12.7. The van der Waals surface area contributed by atoms with Crippen LogP contribution in [0.5, 0.6) is 0 Å². The second-order valence-corrected chi connectivity index (χ2v) is 5.67. The number of benzene rings is 1. The molecule has 2 N–H and O–H groups in total. The van der Waals surface area contributed by atoms with Gasteiger partial charge in [-0.1, -0.05) is 13.0 Å². The number of carbonyl (C=O) groups is 1. The molecule has 0 spiro atoms. The number of rotatable bonds is 4. The predicted molar refractivity (Wildman–Crippen MR) is 85.6 cm³/mol. The molecule has 1 aromatic carbocycles. The maximum absolute atomic E-state index is 13.1. The molecular weight excluding hydrogens is 301 g/mol. The van der Waals surface area contributed by atoms with Gasteiger partial charge in [-0.3, -0.25) is 9.89 Å². The Balaban J connectivity index is 1.97. The van der Waals surface area contributed by atoms with Gasteiger partial charge >= 0.3 is 0 Å². The molecule has 3 rings (SSSR count). The number of amides is 1. The summed E-state index contributed by atoms with van der Waals surface area (Å²) in [6.07, 6.45) is 0.703. The minimum Gasteiger partial charge on any atom is -0.318 e. The number of aryl methyl sites for hydroxylation is 1. The molecule has 2 aromatic heterocycles. The van der Waals surface area contributed by atoms with E-state index < -0.39 is 0 Å². The first-order valence-electron chi connectivity index (χ1n) is 6.87. The zero-order chi connectivity index (χ0) is 15.5. The van der Waals surface area contributed by atoms with E-state index in [1.54, 1.807) is 18.2 Å². The number of thiophene rings is 1. The lowest BCUT2D eigenvalue weighted by Gasteiger charge is -2.07. The molecule has 2 heterocycles. The second kappa shape index (κ2) is 6.11. The van der Waals surface area contributed by atoms with Crippen LogP contribution in [0.3, 0.4) is 0 Å². The quantitative estimate of drug-likeness (QED) is 0.762. The maximum atomic E-state index is 13.1. The van der Waals surface area contributed by atoms with Crippen LogP contribution in [-0.2, 0) is 6.42 Å². The fraction of sp³-hybridized carbons (Fsp3) is 0.125. The van der Waals surface area contributed by atoms with Gasteiger partial charge in [0.15, 0.2) is 0 Å². The van der Waals surface area contributed by atoms with Crippen molar-refractivity contribution in [2.75, 3.05) is 5.32 Å². The normalized spacial score (nSPS) is 10.6. The molecule has 6 heteroatoms. The molecule has 0 saturated heterocycles. The smallest absolute Gasteiger partial charge is 0.265 e. The van der Waals surface area contributed by atoms with E-state index in [2.05, 4.69) is 15.5 Å². The van der Waals surface area contributed by atoms with Gasteiger partial charge in [-0.15, -0.1) is 11.3 Å². The topological polar surface area (TPSA) is 57.8 Å². The molecule has 0 aliphatic carbocycles. The molecule has 0 aliphatic heterocycles. The monoisotopic (exact) mass is 315 g/mol. The van der Waals surface area contributed by atoms with E-state index in [1.807, 2.05) is 18.4 Å². The van der Waals surface area contributed by atoms with E-state index in [0.717, 1.165) is 11.3 Å². The Morgan fingerprint density at radius 3 is 2.73 bits per heavy atom. The SMILES string of the molecule is CCc1[nH]nc(-c2ccc(F)cc2)c1NC(=O)c1cccs1. The molecule has 0 fully saturated rings. The Morgan fingerprint density at radius 2 is 2.09 bits per heavy atom. The number of aromatic amines is 1. The van der Waals surface area contributed by atoms with E-state index in [4.69, 9.17) is 0 Å². The Morgan fingerprint density at radius 1 is 1.32 bits per heavy atom. The number of nitrogens with one attached hydrogen (secondary N) is 2. The van der Waals surface area contributed by atoms with Crippen LogP contribution >= 0.6 is 11.3 Å². The summed E-state index contributed by atoms with van der Waals surface area (Å²) in [5.41, 5.74) is 2.84. The molecule has 0 aliphatic rings. The standard InChI is InChI=1S/C16H14FN3OS/c1-2-12-15(18-16(21)13-4-3-9-22-13)14(20-19-12)10-5-7-11(17)8-6-10/h3-9H,2H2,1H3,(H,18,21)(H,19,20). The Labute approximate surface area is 131 Å². The van der Waals surface area contributed by atoms with E-state index >= 15 is 0 Å². The maximum Gasteiger partial charge on any atom is 0.265 e. The van der Waals surface area contributed by atoms with Gasteiger partial charge in [0.25, 0.3) is 5.91 Å². The Bertz CT molecular complexity index is 778. The number of anilines is 1. The largest absolute Gasteiger partial charge is 0.318 e. The van der Waals surface area contributed by atoms with Crippen molar-refractivity contribution in [2.24, 2.45) is 0 Å². The molecule has 0 radical (unpaired) electrons. The summed E-state index contributed by atoms with van der Waals surface area (Å²) < 4.78 is 13.1. The number of hydrogen-bond donors (Lipinski definition) is 2. The highest BCUT2D eigenvalue weighted by atomic mass is 32.1. The van der Waals surface area contributed by atoms with Crippen LogP contribution in [0.2, 0.25) is 0 Å². The van der Waals surface area contributed by atoms with Gasteiger partial charge in [-0.2, -0.15) is 5.10 Å². The summed E-state index contributed by atoms with van der Waals surface area (Å²) in [6, 6.07) is 9.64. The first-order chi connectivity index (χ1) is 10.7. The molecule has 0 bridgehead atoms. The lowest BCUT2D eigenvalue weighted by Crippen LogP contribution is -2.11. The van der Waals surface area contributed by atoms with Crippen LogP contribution in [0.15, 0.2) is 41.8 Å². The van der Waals surface area contributed by atoms with Crippen molar-refractivity contribution < 1.29 is 9.18 Å². The van der Waals surface area contributed by atoms with Crippen LogP contribution in [0.1, 0.15) is 22.3 Å². The highest BCUT2D eigenvalue weighted by Gasteiger charge is 2.17. The summed E-state index contributed by atoms with van der Waals surface area (Å²) >= 11 is 1.38. The van der Waals surface area contributed by atoms with E-state index in [1.165, 1.54) is 23.5 Å². The number of aromatic nitrogens is 2. The van der Waals surface area contributed by atoms with E-state index in [0.29, 0.717) is 22.7 Å². The number of halogens is 1. The van der Waals surface area contributed by atoms with Crippen molar-refractivity contribution in [1.82, 2.24) is 10.2 Å². The average molecular weight is 315 g/mol. The first-order valence-corrected chi connectivity index (χ1v) is 7.75. The van der Waals surface area contributed by atoms with Gasteiger partial charge in [-0.05, 0) is 42.1 Å². The van der Waals surface area contributed by atoms with Gasteiger partial charge < -0.3 is 5.32 Å². The van der Waals surface area contributed by atoms with Crippen molar-refractivity contribution >= 4 is 22.9 Å². The number of hydrogen-bond acceptors (Lipinski definition) is 3. The number of carbonyl (C=O) groups excluding carboxylic acids is 1. The zero-order valence-electron chi connectivity index (χ0n) is 11.9. The van der Waals surface area contributed by atoms with Gasteiger partial charge in [0.2, 0.25) is 0 Å². The van der Waals surface area contributed by atoms with Crippen LogP contribution < -0.4 is 5.32 Å². The van der Waals surface area contributed by atoms with E-state index in [-0.39, 0.29) is 11.7 Å². The van der Waals surface area contributed by atoms with E-state index in [9.17, 15) is 9.18 Å². The predicted octanol–water partition coefficient (Wildman–Crippen LogP) is 4.09. The van der Waals surface area contributed by atoms with Crippen molar-refractivity contribution in [2.45, 2.75) is 13.3 Å². The van der Waals surface area contributed by atoms with Gasteiger partial charge in [0.05, 0.1) is 16.3 Å². The molecular formula is C16H14FN3OS. The molecule has 4 nitrogen and oxygen atoms in total. The third-order valence-electron chi connectivity index (χ3n) is 3.30. The molecule has 0 atom stereocenters. The van der Waals surface area contributed by atoms with Crippen LogP contribution in [0.25, 0.3) is 11.3 Å². The molecule has 1 amide bonds. The molecule has 112 valence electrons. The lowest BCUT2D eigenvalue weighted by atomic mass is 10.1. The molecule has 0 saturated carbocycles.